The molecule has 0 saturated heterocycles. The molecule has 8 heavy (non-hydrogen) atoms. The Morgan fingerprint density at radius 1 is 1.50 bits per heavy atom. The number of hydrogen-bond acceptors (Lipinski definition) is 1. The van der Waals surface area contributed by atoms with Crippen LogP contribution >= 0.6 is 39.5 Å². The van der Waals surface area contributed by atoms with Crippen LogP contribution in [0.25, 0.3) is 0 Å². The van der Waals surface area contributed by atoms with E-state index in [1.807, 2.05) is 0 Å². The Morgan fingerprint density at radius 2 is 2.00 bits per heavy atom. The zero-order valence-corrected chi connectivity index (χ0v) is 10.4. The summed E-state index contributed by atoms with van der Waals surface area (Å²) in [4.78, 5) is 0. The van der Waals surface area contributed by atoms with Gasteiger partial charge in [0.15, 0.2) is 0 Å². The molecule has 48 valence electrons. The summed E-state index contributed by atoms with van der Waals surface area (Å²) in [5.74, 6) is 0. The van der Waals surface area contributed by atoms with Crippen LogP contribution in [0.1, 0.15) is 0 Å². The molecule has 0 aliphatic heterocycles. The first-order chi connectivity index (χ1) is 3.56. The minimum absolute atomic E-state index is 0.585. The summed E-state index contributed by atoms with van der Waals surface area (Å²) in [5, 5.41) is 0. The first-order valence-corrected chi connectivity index (χ1v) is 14.1. The van der Waals surface area contributed by atoms with Crippen molar-refractivity contribution in [2.24, 2.45) is 0 Å². The van der Waals surface area contributed by atoms with Crippen LogP contribution in [-0.2, 0) is 14.0 Å². The van der Waals surface area contributed by atoms with E-state index in [1.165, 1.54) is 0 Å². The van der Waals surface area contributed by atoms with E-state index in [4.69, 9.17) is 3.32 Å². The third-order valence-corrected chi connectivity index (χ3v) is 3.97. The van der Waals surface area contributed by atoms with E-state index in [0.29, 0.717) is 6.61 Å². The third kappa shape index (κ3) is 7.85. The predicted molar refractivity (Wildman–Crippen MR) is 42.9 cm³/mol. The minimum atomic E-state index is -2.24. The molecule has 0 aromatic carbocycles. The molecule has 0 N–H and O–H groups in total. The number of hydrogen-bond donors (Lipinski definition) is 0. The van der Waals surface area contributed by atoms with Crippen LogP contribution in [0.4, 0.5) is 0 Å². The first-order valence-electron chi connectivity index (χ1n) is 1.88. The molecule has 0 amide bonds. The molecule has 0 aromatic rings. The van der Waals surface area contributed by atoms with Gasteiger partial charge >= 0.3 is 72.8 Å². The monoisotopic (exact) mass is 342 g/mol. The maximum absolute atomic E-state index is 5.20. The summed E-state index contributed by atoms with van der Waals surface area (Å²) >= 11 is 9.99. The molecule has 0 heterocycles. The summed E-state index contributed by atoms with van der Waals surface area (Å²) < 4.78 is 5.20. The van der Waals surface area contributed by atoms with E-state index >= 15 is 0 Å². The first kappa shape index (κ1) is 9.85. The van der Waals surface area contributed by atoms with Crippen LogP contribution in [0.5, 0.6) is 0 Å². The Hall–Kier alpha value is 1.85. The van der Waals surface area contributed by atoms with Gasteiger partial charge in [0.1, 0.15) is 0 Å². The molecular weight excluding hydrogens is 340 g/mol. The normalized spacial score (nSPS) is 11.4. The van der Waals surface area contributed by atoms with Gasteiger partial charge in [0, 0.05) is 0 Å². The van der Waals surface area contributed by atoms with Gasteiger partial charge in [-0.15, -0.1) is 0 Å². The molecule has 0 radical (unpaired) electrons. The second-order valence-electron chi connectivity index (χ2n) is 1.05. The Bertz CT molecular complexity index is 79.1. The fourth-order valence-corrected chi connectivity index (χ4v) is 2.27. The van der Waals surface area contributed by atoms with E-state index in [-0.39, 0.29) is 0 Å². The number of halogens is 3. The standard InChI is InChI=1S/C3H5O.3BrH.Ti/c1-2-3-4;;;;/h2H,1,3H2;3*1H;/q-1;;;;+4/p-3. The second-order valence-corrected chi connectivity index (χ2v) is 29.9. The van der Waals surface area contributed by atoms with E-state index in [1.54, 1.807) is 6.08 Å². The van der Waals surface area contributed by atoms with Crippen molar-refractivity contribution in [3.05, 3.63) is 12.7 Å². The van der Waals surface area contributed by atoms with Crippen LogP contribution in [0.15, 0.2) is 12.7 Å². The topological polar surface area (TPSA) is 9.23 Å². The van der Waals surface area contributed by atoms with E-state index in [9.17, 15) is 0 Å². The molecule has 5 heteroatoms. The Morgan fingerprint density at radius 3 is 2.12 bits per heavy atom. The van der Waals surface area contributed by atoms with E-state index in [2.05, 4.69) is 46.1 Å². The Balaban J connectivity index is 3.24. The van der Waals surface area contributed by atoms with Gasteiger partial charge in [-0.3, -0.25) is 0 Å². The molecule has 0 saturated carbocycles. The molecule has 0 rings (SSSR count). The molecule has 0 atom stereocenters. The van der Waals surface area contributed by atoms with Gasteiger partial charge in [0.2, 0.25) is 0 Å². The molecule has 0 fully saturated rings. The van der Waals surface area contributed by atoms with Crippen molar-refractivity contribution < 1.29 is 14.0 Å². The molecule has 0 aliphatic carbocycles. The fourth-order valence-electron chi connectivity index (χ4n) is 0.153. The molecule has 0 unspecified atom stereocenters. The van der Waals surface area contributed by atoms with Crippen molar-refractivity contribution in [2.75, 3.05) is 6.61 Å². The zero-order valence-electron chi connectivity index (χ0n) is 4.03. The van der Waals surface area contributed by atoms with Gasteiger partial charge in [-0.2, -0.15) is 0 Å². The van der Waals surface area contributed by atoms with E-state index < -0.39 is 10.7 Å². The summed E-state index contributed by atoms with van der Waals surface area (Å²) in [6.45, 7) is 4.09. The molecule has 1 nitrogen and oxygen atoms in total. The van der Waals surface area contributed by atoms with Gasteiger partial charge in [0.25, 0.3) is 0 Å². The van der Waals surface area contributed by atoms with Gasteiger partial charge in [-0.05, 0) is 0 Å². The predicted octanol–water partition coefficient (Wildman–Crippen LogP) is 3.19. The van der Waals surface area contributed by atoms with Crippen molar-refractivity contribution in [1.82, 2.24) is 0 Å². The molecule has 0 spiro atoms. The third-order valence-electron chi connectivity index (χ3n) is 0.365. The van der Waals surface area contributed by atoms with Gasteiger partial charge in [-0.1, -0.05) is 0 Å². The van der Waals surface area contributed by atoms with Crippen LogP contribution in [0, 0.1) is 0 Å². The molecule has 0 aromatic heterocycles. The van der Waals surface area contributed by atoms with Gasteiger partial charge in [0.05, 0.1) is 0 Å². The Labute approximate surface area is 71.8 Å². The van der Waals surface area contributed by atoms with Crippen LogP contribution in [-0.4, -0.2) is 6.61 Å². The second kappa shape index (κ2) is 4.64. The zero-order chi connectivity index (χ0) is 6.62. The summed E-state index contributed by atoms with van der Waals surface area (Å²) in [5.41, 5.74) is 0. The quantitative estimate of drug-likeness (QED) is 0.564. The average Bonchev–Trinajstić information content (AvgIpc) is 1.59. The molecule has 0 bridgehead atoms. The summed E-state index contributed by atoms with van der Waals surface area (Å²) in [7, 11) is -2.24. The van der Waals surface area contributed by atoms with Crippen molar-refractivity contribution >= 4 is 39.5 Å². The van der Waals surface area contributed by atoms with Crippen LogP contribution in [0.2, 0.25) is 0 Å². The van der Waals surface area contributed by atoms with Crippen molar-refractivity contribution in [1.29, 1.82) is 0 Å². The number of rotatable bonds is 3. The van der Waals surface area contributed by atoms with Gasteiger partial charge < -0.3 is 0 Å². The Kier molecular flexibility index (Phi) is 5.71. The van der Waals surface area contributed by atoms with Crippen LogP contribution in [0.3, 0.4) is 0 Å². The average molecular weight is 345 g/mol. The summed E-state index contributed by atoms with van der Waals surface area (Å²) in [6.07, 6.45) is 1.71. The SMILES string of the molecule is C=CC[O][Ti]([Br])([Br])[Br]. The van der Waals surface area contributed by atoms with Crippen molar-refractivity contribution in [2.45, 2.75) is 0 Å². The summed E-state index contributed by atoms with van der Waals surface area (Å²) in [6, 6.07) is 0. The van der Waals surface area contributed by atoms with Crippen molar-refractivity contribution in [3.8, 4) is 0 Å². The van der Waals surface area contributed by atoms with Crippen LogP contribution < -0.4 is 0 Å². The van der Waals surface area contributed by atoms with Crippen molar-refractivity contribution in [3.63, 3.8) is 0 Å². The van der Waals surface area contributed by atoms with Gasteiger partial charge in [-0.25, -0.2) is 0 Å². The van der Waals surface area contributed by atoms with E-state index in [0.717, 1.165) is 0 Å². The fraction of sp³-hybridized carbons (Fsp3) is 0.333. The maximum atomic E-state index is 5.20. The molecule has 0 aliphatic rings. The molecular formula is C3H5Br3OTi.